The van der Waals surface area contributed by atoms with E-state index in [1.807, 2.05) is 30.8 Å². The van der Waals surface area contributed by atoms with Gasteiger partial charge in [-0.3, -0.25) is 4.79 Å². The molecule has 0 fully saturated rings. The Morgan fingerprint density at radius 2 is 2.29 bits per heavy atom. The van der Waals surface area contributed by atoms with Gasteiger partial charge in [-0.1, -0.05) is 6.92 Å². The summed E-state index contributed by atoms with van der Waals surface area (Å²) in [5, 5.41) is 7.03. The van der Waals surface area contributed by atoms with E-state index in [1.54, 1.807) is 6.20 Å². The second-order valence-corrected chi connectivity index (χ2v) is 5.83. The van der Waals surface area contributed by atoms with Crippen molar-refractivity contribution >= 4 is 27.9 Å². The smallest absolute Gasteiger partial charge is 0.263 e. The zero-order valence-electron chi connectivity index (χ0n) is 12.3. The van der Waals surface area contributed by atoms with Crippen LogP contribution in [-0.2, 0) is 13.5 Å². The van der Waals surface area contributed by atoms with E-state index in [4.69, 9.17) is 5.73 Å². The Kier molecular flexibility index (Phi) is 5.21. The van der Waals surface area contributed by atoms with Crippen LogP contribution in [0.15, 0.2) is 18.5 Å². The lowest BCUT2D eigenvalue weighted by Crippen LogP contribution is -2.23. The van der Waals surface area contributed by atoms with Crippen LogP contribution in [0.2, 0.25) is 0 Å². The highest BCUT2D eigenvalue weighted by molar-refractivity contribution is 7.18. The van der Waals surface area contributed by atoms with Gasteiger partial charge in [-0.05, 0) is 12.5 Å². The first kappa shape index (κ1) is 15.4. The second kappa shape index (κ2) is 7.12. The molecule has 0 aliphatic rings. The van der Waals surface area contributed by atoms with Crippen molar-refractivity contribution < 1.29 is 4.79 Å². The maximum Gasteiger partial charge on any atom is 0.263 e. The molecule has 0 aliphatic carbocycles. The molecule has 1 amide bonds. The normalized spacial score (nSPS) is 10.6. The Hall–Kier alpha value is -2.02. The lowest BCUT2D eigenvalue weighted by Gasteiger charge is -2.03. The van der Waals surface area contributed by atoms with Gasteiger partial charge in [0.1, 0.15) is 10.7 Å². The number of carbonyl (C=O) groups excluding carboxylic acids is 1. The number of nitrogens with one attached hydrogen (secondary N) is 2. The number of imidazole rings is 1. The zero-order chi connectivity index (χ0) is 15.2. The zero-order valence-corrected chi connectivity index (χ0v) is 13.2. The summed E-state index contributed by atoms with van der Waals surface area (Å²) in [6.45, 7) is 3.43. The van der Waals surface area contributed by atoms with E-state index in [0.717, 1.165) is 30.2 Å². The molecule has 0 saturated carbocycles. The van der Waals surface area contributed by atoms with Gasteiger partial charge in [0.05, 0.1) is 10.7 Å². The van der Waals surface area contributed by atoms with Gasteiger partial charge in [-0.15, -0.1) is 11.3 Å². The number of nitrogen functional groups attached to an aromatic ring is 1. The van der Waals surface area contributed by atoms with Crippen molar-refractivity contribution in [2.75, 3.05) is 24.1 Å². The number of aromatic nitrogens is 2. The fraction of sp³-hybridized carbons (Fsp3) is 0.429. The maximum absolute atomic E-state index is 11.9. The Balaban J connectivity index is 1.90. The molecule has 6 nitrogen and oxygen atoms in total. The first-order valence-electron chi connectivity index (χ1n) is 6.99. The van der Waals surface area contributed by atoms with Crippen molar-refractivity contribution in [3.05, 3.63) is 29.2 Å². The standard InChI is InChI=1S/C14H21N5OS/c1-3-5-18-14(20)13-10(15)9-12(21-13)17-6-4-11-16-7-8-19(11)2/h7-9,17H,3-6,15H2,1-2H3,(H,18,20). The van der Waals surface area contributed by atoms with Gasteiger partial charge in [0.25, 0.3) is 5.91 Å². The van der Waals surface area contributed by atoms with Gasteiger partial charge in [-0.2, -0.15) is 0 Å². The Labute approximate surface area is 128 Å². The third-order valence-corrected chi connectivity index (χ3v) is 4.18. The second-order valence-electron chi connectivity index (χ2n) is 4.78. The van der Waals surface area contributed by atoms with E-state index in [2.05, 4.69) is 15.6 Å². The number of nitrogens with zero attached hydrogens (tertiary/aromatic N) is 2. The minimum Gasteiger partial charge on any atom is -0.397 e. The highest BCUT2D eigenvalue weighted by Crippen LogP contribution is 2.29. The van der Waals surface area contributed by atoms with Gasteiger partial charge >= 0.3 is 0 Å². The molecule has 114 valence electrons. The Bertz CT molecular complexity index is 604. The number of amides is 1. The van der Waals surface area contributed by atoms with Crippen LogP contribution < -0.4 is 16.4 Å². The van der Waals surface area contributed by atoms with Gasteiger partial charge in [0.2, 0.25) is 0 Å². The van der Waals surface area contributed by atoms with Crippen molar-refractivity contribution in [3.8, 4) is 0 Å². The molecule has 0 spiro atoms. The van der Waals surface area contributed by atoms with Crippen LogP contribution in [0.25, 0.3) is 0 Å². The van der Waals surface area contributed by atoms with Crippen LogP contribution in [0, 0.1) is 0 Å². The minimum absolute atomic E-state index is 0.100. The van der Waals surface area contributed by atoms with Crippen LogP contribution in [0.1, 0.15) is 28.8 Å². The van der Waals surface area contributed by atoms with E-state index < -0.39 is 0 Å². The van der Waals surface area contributed by atoms with Crippen molar-refractivity contribution in [3.63, 3.8) is 0 Å². The lowest BCUT2D eigenvalue weighted by atomic mass is 10.3. The molecule has 0 saturated heterocycles. The first-order valence-corrected chi connectivity index (χ1v) is 7.81. The summed E-state index contributed by atoms with van der Waals surface area (Å²) in [6.07, 6.45) is 5.44. The molecular formula is C14H21N5OS. The lowest BCUT2D eigenvalue weighted by molar-refractivity contribution is 0.0958. The summed E-state index contributed by atoms with van der Waals surface area (Å²) in [7, 11) is 1.97. The number of rotatable bonds is 7. The molecule has 2 aromatic heterocycles. The summed E-state index contributed by atoms with van der Waals surface area (Å²) in [5.41, 5.74) is 6.42. The van der Waals surface area contributed by atoms with E-state index in [9.17, 15) is 4.79 Å². The number of anilines is 2. The van der Waals surface area contributed by atoms with Crippen LogP contribution in [0.3, 0.4) is 0 Å². The maximum atomic E-state index is 11.9. The molecule has 0 aliphatic heterocycles. The third kappa shape index (κ3) is 3.98. The molecule has 2 aromatic rings. The minimum atomic E-state index is -0.100. The highest BCUT2D eigenvalue weighted by atomic mass is 32.1. The summed E-state index contributed by atoms with van der Waals surface area (Å²) in [5.74, 6) is 0.921. The molecule has 2 heterocycles. The summed E-state index contributed by atoms with van der Waals surface area (Å²) in [4.78, 5) is 16.8. The fourth-order valence-corrected chi connectivity index (χ4v) is 2.85. The third-order valence-electron chi connectivity index (χ3n) is 3.07. The molecule has 7 heteroatoms. The van der Waals surface area contributed by atoms with Gasteiger partial charge < -0.3 is 20.9 Å². The highest BCUT2D eigenvalue weighted by Gasteiger charge is 2.13. The van der Waals surface area contributed by atoms with Gasteiger partial charge in [0, 0.05) is 39.0 Å². The number of carbonyl (C=O) groups is 1. The fourth-order valence-electron chi connectivity index (χ4n) is 1.92. The topological polar surface area (TPSA) is 85.0 Å². The average Bonchev–Trinajstić information content (AvgIpc) is 3.03. The molecule has 21 heavy (non-hydrogen) atoms. The monoisotopic (exact) mass is 307 g/mol. The van der Waals surface area contributed by atoms with Crippen LogP contribution in [0.4, 0.5) is 10.7 Å². The van der Waals surface area contributed by atoms with E-state index in [-0.39, 0.29) is 5.91 Å². The van der Waals surface area contributed by atoms with Crippen molar-refractivity contribution in [1.29, 1.82) is 0 Å². The molecule has 0 aromatic carbocycles. The van der Waals surface area contributed by atoms with Crippen molar-refractivity contribution in [1.82, 2.24) is 14.9 Å². The van der Waals surface area contributed by atoms with Crippen LogP contribution >= 0.6 is 11.3 Å². The summed E-state index contributed by atoms with van der Waals surface area (Å²) < 4.78 is 1.99. The van der Waals surface area contributed by atoms with E-state index >= 15 is 0 Å². The number of hydrogen-bond acceptors (Lipinski definition) is 5. The Morgan fingerprint density at radius 3 is 2.95 bits per heavy atom. The average molecular weight is 307 g/mol. The molecular weight excluding hydrogens is 286 g/mol. The first-order chi connectivity index (χ1) is 10.1. The molecule has 0 radical (unpaired) electrons. The largest absolute Gasteiger partial charge is 0.397 e. The molecule has 4 N–H and O–H groups in total. The Morgan fingerprint density at radius 1 is 1.48 bits per heavy atom. The van der Waals surface area contributed by atoms with Crippen molar-refractivity contribution in [2.24, 2.45) is 7.05 Å². The molecule has 0 atom stereocenters. The quantitative estimate of drug-likeness (QED) is 0.729. The predicted octanol–water partition coefficient (Wildman–Crippen LogP) is 1.86. The predicted molar refractivity (Wildman–Crippen MR) is 86.8 cm³/mol. The summed E-state index contributed by atoms with van der Waals surface area (Å²) in [6, 6.07) is 1.81. The molecule has 2 rings (SSSR count). The molecule has 0 bridgehead atoms. The van der Waals surface area contributed by atoms with Crippen molar-refractivity contribution in [2.45, 2.75) is 19.8 Å². The van der Waals surface area contributed by atoms with Gasteiger partial charge in [-0.25, -0.2) is 4.98 Å². The number of nitrogens with two attached hydrogens (primary N) is 1. The van der Waals surface area contributed by atoms with Gasteiger partial charge in [0.15, 0.2) is 0 Å². The summed E-state index contributed by atoms with van der Waals surface area (Å²) >= 11 is 1.38. The van der Waals surface area contributed by atoms with E-state index in [0.29, 0.717) is 17.1 Å². The number of aryl methyl sites for hydroxylation is 1. The number of thiophene rings is 1. The number of hydrogen-bond donors (Lipinski definition) is 3. The van der Waals surface area contributed by atoms with E-state index in [1.165, 1.54) is 11.3 Å². The molecule has 0 unspecified atom stereocenters. The van der Waals surface area contributed by atoms with Crippen LogP contribution in [0.5, 0.6) is 0 Å². The van der Waals surface area contributed by atoms with Crippen LogP contribution in [-0.4, -0.2) is 28.5 Å². The SMILES string of the molecule is CCCNC(=O)c1sc(NCCc2nccn2C)cc1N.